The number of carbonyl (C=O) groups excluding carboxylic acids is 1. The summed E-state index contributed by atoms with van der Waals surface area (Å²) in [5.41, 5.74) is 2.72. The third kappa shape index (κ3) is 3.62. The molecule has 2 atom stereocenters. The number of rotatable bonds is 3. The summed E-state index contributed by atoms with van der Waals surface area (Å²) >= 11 is 0. The molecule has 1 N–H and O–H groups in total. The summed E-state index contributed by atoms with van der Waals surface area (Å²) in [6, 6.07) is 10.6. The molecule has 2 unspecified atom stereocenters. The summed E-state index contributed by atoms with van der Waals surface area (Å²) in [6.45, 7) is 5.36. The number of likely N-dealkylation sites (N-methyl/N-ethyl adjacent to an activating group) is 1. The van der Waals surface area contributed by atoms with E-state index in [0.717, 1.165) is 11.4 Å². The van der Waals surface area contributed by atoms with E-state index in [-0.39, 0.29) is 30.5 Å². The molecule has 2 aromatic carbocycles. The van der Waals surface area contributed by atoms with Crippen molar-refractivity contribution in [2.75, 3.05) is 41.9 Å². The number of carbonyl (C=O) groups is 1. The van der Waals surface area contributed by atoms with Gasteiger partial charge in [-0.3, -0.25) is 4.79 Å². The van der Waals surface area contributed by atoms with Gasteiger partial charge in [0.25, 0.3) is 5.91 Å². The first-order valence-electron chi connectivity index (χ1n) is 9.41. The quantitative estimate of drug-likeness (QED) is 0.876. The van der Waals surface area contributed by atoms with Gasteiger partial charge in [-0.25, -0.2) is 4.39 Å². The molecule has 0 aromatic heterocycles. The zero-order valence-corrected chi connectivity index (χ0v) is 16.2. The maximum absolute atomic E-state index is 14.8. The Kier molecular flexibility index (Phi) is 4.85. The van der Waals surface area contributed by atoms with E-state index in [4.69, 9.17) is 9.47 Å². The molecule has 0 radical (unpaired) electrons. The predicted octanol–water partition coefficient (Wildman–Crippen LogP) is 3.54. The predicted molar refractivity (Wildman–Crippen MR) is 107 cm³/mol. The van der Waals surface area contributed by atoms with Crippen LogP contribution in [0.4, 0.5) is 27.1 Å². The van der Waals surface area contributed by atoms with Crippen LogP contribution in [-0.2, 0) is 9.53 Å². The number of nitrogens with one attached hydrogen (secondary N) is 1. The first-order chi connectivity index (χ1) is 13.4. The third-order valence-corrected chi connectivity index (χ3v) is 5.04. The standard InChI is InChI=1S/C21H24FN3O3/c1-13-10-25(11-14(2)28-13)18-6-4-15(8-17(18)22)23-16-5-7-19-20(9-16)27-12-21(26)24(19)3/h4-9,13-14,23H,10-12H2,1-3H3. The average molecular weight is 385 g/mol. The highest BCUT2D eigenvalue weighted by Crippen LogP contribution is 2.35. The van der Waals surface area contributed by atoms with Gasteiger partial charge in [-0.15, -0.1) is 0 Å². The van der Waals surface area contributed by atoms with Crippen LogP contribution in [0.5, 0.6) is 5.75 Å². The minimum Gasteiger partial charge on any atom is -0.481 e. The summed E-state index contributed by atoms with van der Waals surface area (Å²) in [7, 11) is 1.72. The zero-order valence-electron chi connectivity index (χ0n) is 16.2. The Morgan fingerprint density at radius 1 is 1.04 bits per heavy atom. The van der Waals surface area contributed by atoms with E-state index in [1.54, 1.807) is 18.0 Å². The second kappa shape index (κ2) is 7.31. The van der Waals surface area contributed by atoms with Crippen molar-refractivity contribution >= 4 is 28.7 Å². The van der Waals surface area contributed by atoms with Crippen LogP contribution in [0.3, 0.4) is 0 Å². The van der Waals surface area contributed by atoms with Crippen LogP contribution in [0.2, 0.25) is 0 Å². The van der Waals surface area contributed by atoms with Gasteiger partial charge in [-0.2, -0.15) is 0 Å². The number of halogens is 1. The molecule has 1 amide bonds. The van der Waals surface area contributed by atoms with Gasteiger partial charge >= 0.3 is 0 Å². The van der Waals surface area contributed by atoms with Gasteiger partial charge in [0.2, 0.25) is 0 Å². The van der Waals surface area contributed by atoms with Crippen molar-refractivity contribution < 1.29 is 18.7 Å². The molecule has 2 aliphatic rings. The molecule has 0 saturated carbocycles. The van der Waals surface area contributed by atoms with Gasteiger partial charge < -0.3 is 24.6 Å². The number of hydrogen-bond donors (Lipinski definition) is 1. The SMILES string of the molecule is CC1CN(c2ccc(Nc3ccc4c(c3)OCC(=O)N4C)cc2F)CC(C)O1. The smallest absolute Gasteiger partial charge is 0.264 e. The molecule has 0 bridgehead atoms. The molecule has 0 aliphatic carbocycles. The van der Waals surface area contributed by atoms with E-state index in [2.05, 4.69) is 5.32 Å². The van der Waals surface area contributed by atoms with Crippen LogP contribution in [0.15, 0.2) is 36.4 Å². The highest BCUT2D eigenvalue weighted by atomic mass is 19.1. The number of amides is 1. The average Bonchev–Trinajstić information content (AvgIpc) is 2.64. The number of benzene rings is 2. The van der Waals surface area contributed by atoms with E-state index in [9.17, 15) is 9.18 Å². The van der Waals surface area contributed by atoms with Crippen LogP contribution in [0, 0.1) is 5.82 Å². The Morgan fingerprint density at radius 3 is 2.36 bits per heavy atom. The lowest BCUT2D eigenvalue weighted by Crippen LogP contribution is -2.45. The van der Waals surface area contributed by atoms with E-state index in [1.165, 1.54) is 6.07 Å². The fourth-order valence-electron chi connectivity index (χ4n) is 3.74. The molecule has 1 fully saturated rings. The summed E-state index contributed by atoms with van der Waals surface area (Å²) in [6.07, 6.45) is 0.142. The van der Waals surface area contributed by atoms with Crippen LogP contribution in [0.25, 0.3) is 0 Å². The lowest BCUT2D eigenvalue weighted by atomic mass is 10.1. The van der Waals surface area contributed by atoms with Gasteiger partial charge in [-0.05, 0) is 44.2 Å². The van der Waals surface area contributed by atoms with Gasteiger partial charge in [0, 0.05) is 37.6 Å². The van der Waals surface area contributed by atoms with Gasteiger partial charge in [0.1, 0.15) is 11.6 Å². The topological polar surface area (TPSA) is 54.0 Å². The fourth-order valence-corrected chi connectivity index (χ4v) is 3.74. The Labute approximate surface area is 163 Å². The van der Waals surface area contributed by atoms with E-state index >= 15 is 0 Å². The number of anilines is 4. The molecular formula is C21H24FN3O3. The number of morpholine rings is 1. The number of hydrogen-bond acceptors (Lipinski definition) is 5. The zero-order chi connectivity index (χ0) is 19.8. The van der Waals surface area contributed by atoms with Crippen molar-refractivity contribution in [2.24, 2.45) is 0 Å². The van der Waals surface area contributed by atoms with E-state index in [1.807, 2.05) is 43.0 Å². The highest BCUT2D eigenvalue weighted by Gasteiger charge is 2.25. The number of nitrogens with zero attached hydrogens (tertiary/aromatic N) is 2. The van der Waals surface area contributed by atoms with Crippen molar-refractivity contribution in [3.63, 3.8) is 0 Å². The number of fused-ring (bicyclic) bond motifs is 1. The monoisotopic (exact) mass is 385 g/mol. The Balaban J connectivity index is 1.52. The van der Waals surface area contributed by atoms with E-state index < -0.39 is 0 Å². The van der Waals surface area contributed by atoms with Gasteiger partial charge in [-0.1, -0.05) is 0 Å². The van der Waals surface area contributed by atoms with Crippen LogP contribution in [0.1, 0.15) is 13.8 Å². The largest absolute Gasteiger partial charge is 0.481 e. The van der Waals surface area contributed by atoms with Crippen molar-refractivity contribution in [1.82, 2.24) is 0 Å². The molecule has 148 valence electrons. The molecule has 0 spiro atoms. The Hall–Kier alpha value is -2.80. The van der Waals surface area contributed by atoms with Crippen LogP contribution < -0.4 is 19.9 Å². The second-order valence-corrected chi connectivity index (χ2v) is 7.38. The molecule has 4 rings (SSSR count). The van der Waals surface area contributed by atoms with Crippen molar-refractivity contribution in [3.05, 3.63) is 42.2 Å². The van der Waals surface area contributed by atoms with Gasteiger partial charge in [0.15, 0.2) is 6.61 Å². The van der Waals surface area contributed by atoms with E-state index in [0.29, 0.717) is 30.2 Å². The number of ether oxygens (including phenoxy) is 2. The lowest BCUT2D eigenvalue weighted by molar-refractivity contribution is -0.120. The molecule has 1 saturated heterocycles. The Morgan fingerprint density at radius 2 is 1.68 bits per heavy atom. The minimum atomic E-state index is -0.272. The molecular weight excluding hydrogens is 361 g/mol. The molecule has 2 aromatic rings. The first kappa shape index (κ1) is 18.6. The first-order valence-corrected chi connectivity index (χ1v) is 9.41. The molecule has 7 heteroatoms. The summed E-state index contributed by atoms with van der Waals surface area (Å²) < 4.78 is 26.0. The molecule has 6 nitrogen and oxygen atoms in total. The third-order valence-electron chi connectivity index (χ3n) is 5.04. The van der Waals surface area contributed by atoms with Crippen molar-refractivity contribution in [1.29, 1.82) is 0 Å². The molecule has 2 heterocycles. The van der Waals surface area contributed by atoms with Gasteiger partial charge in [0.05, 0.1) is 23.6 Å². The van der Waals surface area contributed by atoms with Crippen molar-refractivity contribution in [3.8, 4) is 5.75 Å². The Bertz CT molecular complexity index is 894. The maximum atomic E-state index is 14.8. The summed E-state index contributed by atoms with van der Waals surface area (Å²) in [5, 5.41) is 3.20. The second-order valence-electron chi connectivity index (χ2n) is 7.38. The highest BCUT2D eigenvalue weighted by molar-refractivity contribution is 5.97. The lowest BCUT2D eigenvalue weighted by Gasteiger charge is -2.37. The van der Waals surface area contributed by atoms with Crippen molar-refractivity contribution in [2.45, 2.75) is 26.1 Å². The fraction of sp³-hybridized carbons (Fsp3) is 0.381. The normalized spacial score (nSPS) is 21.9. The summed E-state index contributed by atoms with van der Waals surface area (Å²) in [5.74, 6) is 0.268. The molecule has 28 heavy (non-hydrogen) atoms. The van der Waals surface area contributed by atoms with Crippen LogP contribution >= 0.6 is 0 Å². The minimum absolute atomic E-state index is 0.0205. The molecule has 2 aliphatic heterocycles. The van der Waals surface area contributed by atoms with Crippen LogP contribution in [-0.4, -0.2) is 44.9 Å². The summed E-state index contributed by atoms with van der Waals surface area (Å²) in [4.78, 5) is 15.3. The maximum Gasteiger partial charge on any atom is 0.264 e.